The first-order chi connectivity index (χ1) is 44.5. The van der Waals surface area contributed by atoms with Crippen molar-refractivity contribution in [1.29, 1.82) is 0 Å². The summed E-state index contributed by atoms with van der Waals surface area (Å²) in [6.45, 7) is -2.82. The maximum atomic E-state index is 13.6. The summed E-state index contributed by atoms with van der Waals surface area (Å²) in [7, 11) is 0. The molecule has 4 fully saturated rings. The lowest BCUT2D eigenvalue weighted by atomic mass is 9.83. The van der Waals surface area contributed by atoms with Crippen molar-refractivity contribution >= 4 is 30.5 Å². The summed E-state index contributed by atoms with van der Waals surface area (Å²) in [6.07, 6.45) is -32.3. The molecule has 9 rings (SSSR count). The number of aliphatic hydroxyl groups excluding tert-OH is 7. The second kappa shape index (κ2) is 33.5. The molecule has 3 saturated heterocycles. The Bertz CT molecular complexity index is 3100. The van der Waals surface area contributed by atoms with E-state index in [2.05, 4.69) is 26.6 Å². The number of ether oxygens (including phenoxy) is 11. The molecule has 0 unspecified atom stereocenters. The number of rotatable bonds is 24. The van der Waals surface area contributed by atoms with Crippen molar-refractivity contribution in [3.63, 3.8) is 0 Å². The highest BCUT2D eigenvalue weighted by Crippen LogP contribution is 2.36. The second-order valence-electron chi connectivity index (χ2n) is 22.1. The van der Waals surface area contributed by atoms with Gasteiger partial charge in [-0.2, -0.15) is 0 Å². The fraction of sp³-hybridized carbons (Fsp3) is 0.444. The third-order valence-corrected chi connectivity index (χ3v) is 15.6. The lowest BCUT2D eigenvalue weighted by Crippen LogP contribution is -2.69. The van der Waals surface area contributed by atoms with E-state index < -0.39 is 166 Å². The summed E-state index contributed by atoms with van der Waals surface area (Å²) in [5.74, 6) is 0. The molecule has 29 heteroatoms. The molecule has 5 amide bonds. The third kappa shape index (κ3) is 18.8. The lowest BCUT2D eigenvalue weighted by molar-refractivity contribution is -0.310. The summed E-state index contributed by atoms with van der Waals surface area (Å²) >= 11 is 0. The monoisotopic (exact) mass is 1280 g/mol. The average molecular weight is 1290 g/mol. The SMILES string of the molecule is N[C@H]1C[C@@H](NC(=O)OCc2ccccc2)[C@H](O)[C@@H](O[C@@H]2O[C@H](CO)[C@@H](O[C@H]3O[C@@H](CNC(=O)OCc4ccccc4)[C@@H](O)[C@H](O)[C@H]3NC(=O)OCc3ccccc3)[C@H]2O)[C@@H]1O[C@H]1O[C@H](CNC(=O)OCc2ccccc2)[C@@H](O)[C@H](O)[C@H]1NC(=O)OCc1ccccc1. The minimum atomic E-state index is -2.02. The number of carbonyl (C=O) groups excluding carboxylic acids is 5. The van der Waals surface area contributed by atoms with Crippen LogP contribution in [0.25, 0.3) is 0 Å². The summed E-state index contributed by atoms with van der Waals surface area (Å²) in [5.41, 5.74) is 10.1. The highest BCUT2D eigenvalue weighted by molar-refractivity contribution is 5.69. The number of aliphatic hydroxyl groups is 7. The van der Waals surface area contributed by atoms with Gasteiger partial charge in [0.15, 0.2) is 18.9 Å². The Labute approximate surface area is 527 Å². The van der Waals surface area contributed by atoms with Crippen molar-refractivity contribution in [2.75, 3.05) is 19.7 Å². The second-order valence-corrected chi connectivity index (χ2v) is 22.1. The van der Waals surface area contributed by atoms with E-state index in [-0.39, 0.29) is 39.5 Å². The van der Waals surface area contributed by atoms with Crippen LogP contribution >= 0.6 is 0 Å². The molecule has 5 aromatic carbocycles. The van der Waals surface area contributed by atoms with Crippen LogP contribution in [-0.4, -0.2) is 202 Å². The van der Waals surface area contributed by atoms with Crippen molar-refractivity contribution in [3.05, 3.63) is 179 Å². The summed E-state index contributed by atoms with van der Waals surface area (Å²) in [4.78, 5) is 66.3. The molecule has 5 aromatic rings. The molecule has 92 heavy (non-hydrogen) atoms. The first-order valence-corrected chi connectivity index (χ1v) is 29.7. The molecular weight excluding hydrogens is 1210 g/mol. The van der Waals surface area contributed by atoms with Crippen molar-refractivity contribution in [1.82, 2.24) is 26.6 Å². The topological polar surface area (TPSA) is 415 Å². The molecule has 0 radical (unpaired) electrons. The molecular formula is C63H76N6O23. The van der Waals surface area contributed by atoms with Crippen molar-refractivity contribution in [2.24, 2.45) is 5.73 Å². The van der Waals surface area contributed by atoms with Gasteiger partial charge in [0.25, 0.3) is 0 Å². The molecule has 3 aliphatic heterocycles. The van der Waals surface area contributed by atoms with E-state index in [0.29, 0.717) is 27.8 Å². The maximum absolute atomic E-state index is 13.6. The van der Waals surface area contributed by atoms with Crippen molar-refractivity contribution in [2.45, 2.75) is 156 Å². The van der Waals surface area contributed by atoms with Crippen LogP contribution in [0.1, 0.15) is 34.2 Å². The quantitative estimate of drug-likeness (QED) is 0.0382. The van der Waals surface area contributed by atoms with Gasteiger partial charge in [0, 0.05) is 19.1 Å². The van der Waals surface area contributed by atoms with Crippen LogP contribution in [0.2, 0.25) is 0 Å². The van der Waals surface area contributed by atoms with E-state index in [1.807, 2.05) is 0 Å². The van der Waals surface area contributed by atoms with Gasteiger partial charge < -0.3 is 120 Å². The van der Waals surface area contributed by atoms with Crippen LogP contribution in [-0.2, 0) is 85.1 Å². The molecule has 4 aliphatic rings. The normalized spacial score (nSPS) is 30.2. The van der Waals surface area contributed by atoms with Gasteiger partial charge in [-0.3, -0.25) is 0 Å². The Kier molecular flexibility index (Phi) is 24.8. The predicted molar refractivity (Wildman–Crippen MR) is 316 cm³/mol. The standard InChI is InChI=1S/C63H76N6O23/c64-40-26-41(67-61(79)84-32-37-20-10-3-11-21-37)47(71)55(53(40)90-56-45(68-62(80)85-33-38-22-12-4-13-23-38)50(74)48(72)42(87-56)27-65-59(77)82-30-35-16-6-1-7-17-35)92-58-52(76)54(44(29-70)89-58)91-57-46(69-63(81)86-34-39-24-14-5-15-25-39)51(75)49(73)43(88-57)28-66-60(78)83-31-36-18-8-2-9-19-36/h1-25,40-58,70-76H,26-34,64H2,(H,65,77)(H,66,78)(H,67,79)(H,68,80)(H,69,81)/t40-,41+,42+,43-,44+,45+,46+,47-,48+,49+,50+,51+,52+,53+,54+,55+,56+,57+,58-/m0/s1. The molecule has 0 spiro atoms. The molecule has 29 nitrogen and oxygen atoms in total. The Morgan fingerprint density at radius 3 is 1.09 bits per heavy atom. The number of nitrogens with two attached hydrogens (primary N) is 1. The first kappa shape index (κ1) is 68.3. The van der Waals surface area contributed by atoms with Gasteiger partial charge >= 0.3 is 30.5 Å². The van der Waals surface area contributed by atoms with E-state index in [0.717, 1.165) is 0 Å². The highest BCUT2D eigenvalue weighted by Gasteiger charge is 2.56. The van der Waals surface area contributed by atoms with E-state index in [1.165, 1.54) is 0 Å². The van der Waals surface area contributed by atoms with Gasteiger partial charge in [-0.15, -0.1) is 0 Å². The van der Waals surface area contributed by atoms with Gasteiger partial charge in [0.1, 0.15) is 118 Å². The Balaban J connectivity index is 0.961. The zero-order valence-corrected chi connectivity index (χ0v) is 49.5. The van der Waals surface area contributed by atoms with E-state index in [9.17, 15) is 59.7 Å². The van der Waals surface area contributed by atoms with E-state index in [1.54, 1.807) is 152 Å². The fourth-order valence-electron chi connectivity index (χ4n) is 10.7. The van der Waals surface area contributed by atoms with Crippen molar-refractivity contribution in [3.8, 4) is 0 Å². The van der Waals surface area contributed by atoms with Gasteiger partial charge in [-0.05, 0) is 34.2 Å². The van der Waals surface area contributed by atoms with Gasteiger partial charge in [-0.1, -0.05) is 152 Å². The Morgan fingerprint density at radius 1 is 0.391 bits per heavy atom. The molecule has 14 N–H and O–H groups in total. The van der Waals surface area contributed by atoms with E-state index in [4.69, 9.17) is 57.8 Å². The van der Waals surface area contributed by atoms with Crippen molar-refractivity contribution < 1.29 is 112 Å². The number of hydrogen-bond acceptors (Lipinski definition) is 24. The predicted octanol–water partition coefficient (Wildman–Crippen LogP) is 0.943. The van der Waals surface area contributed by atoms with Crippen LogP contribution in [0.15, 0.2) is 152 Å². The molecule has 0 bridgehead atoms. The smallest absolute Gasteiger partial charge is 0.407 e. The molecule has 496 valence electrons. The molecule has 1 aliphatic carbocycles. The first-order valence-electron chi connectivity index (χ1n) is 29.7. The number of amides is 5. The molecule has 3 heterocycles. The van der Waals surface area contributed by atoms with Gasteiger partial charge in [-0.25, -0.2) is 24.0 Å². The highest BCUT2D eigenvalue weighted by atomic mass is 16.8. The largest absolute Gasteiger partial charge is 0.445 e. The van der Waals surface area contributed by atoms with Crippen LogP contribution in [0.3, 0.4) is 0 Å². The van der Waals surface area contributed by atoms with Gasteiger partial charge in [0.2, 0.25) is 0 Å². The zero-order valence-electron chi connectivity index (χ0n) is 49.5. The summed E-state index contributed by atoms with van der Waals surface area (Å²) < 4.78 is 64.6. The fourth-order valence-corrected chi connectivity index (χ4v) is 10.7. The lowest BCUT2D eigenvalue weighted by Gasteiger charge is -2.48. The third-order valence-electron chi connectivity index (χ3n) is 15.6. The summed E-state index contributed by atoms with van der Waals surface area (Å²) in [6, 6.07) is 37.3. The number of nitrogens with one attached hydrogen (secondary N) is 5. The van der Waals surface area contributed by atoms with E-state index >= 15 is 0 Å². The van der Waals surface area contributed by atoms with Crippen LogP contribution in [0.5, 0.6) is 0 Å². The zero-order chi connectivity index (χ0) is 65.1. The Morgan fingerprint density at radius 2 is 0.717 bits per heavy atom. The average Bonchev–Trinajstić information content (AvgIpc) is 1.37. The number of alkyl carbamates (subject to hydrolysis) is 5. The maximum Gasteiger partial charge on any atom is 0.407 e. The number of hydrogen-bond donors (Lipinski definition) is 13. The molecule has 0 aromatic heterocycles. The number of carbonyl (C=O) groups is 5. The van der Waals surface area contributed by atoms with Crippen LogP contribution in [0.4, 0.5) is 24.0 Å². The Hall–Kier alpha value is -8.11. The minimum absolute atomic E-state index is 0.119. The number of benzene rings is 5. The molecule has 1 saturated carbocycles. The summed E-state index contributed by atoms with van der Waals surface area (Å²) in [5, 5.41) is 94.4. The van der Waals surface area contributed by atoms with Gasteiger partial charge in [0.05, 0.1) is 12.6 Å². The minimum Gasteiger partial charge on any atom is -0.445 e. The molecule has 19 atom stereocenters. The van der Waals surface area contributed by atoms with Crippen LogP contribution in [0, 0.1) is 0 Å². The van der Waals surface area contributed by atoms with Crippen LogP contribution < -0.4 is 32.3 Å².